The van der Waals surface area contributed by atoms with Crippen molar-refractivity contribution in [2.24, 2.45) is 0 Å². The van der Waals surface area contributed by atoms with Gasteiger partial charge in [0.2, 0.25) is 0 Å². The number of hydrogen-bond donors (Lipinski definition) is 1. The first-order valence-corrected chi connectivity index (χ1v) is 5.69. The van der Waals surface area contributed by atoms with Crippen LogP contribution in [-0.4, -0.2) is 35.7 Å². The molecule has 0 bridgehead atoms. The minimum atomic E-state index is -0.134. The molecule has 0 aromatic carbocycles. The predicted molar refractivity (Wildman–Crippen MR) is 55.8 cm³/mol. The lowest BCUT2D eigenvalue weighted by Crippen LogP contribution is -2.30. The van der Waals surface area contributed by atoms with Crippen molar-refractivity contribution in [2.75, 3.05) is 19.6 Å². The summed E-state index contributed by atoms with van der Waals surface area (Å²) in [5.74, 6) is 0. The fraction of sp³-hybridized carbons (Fsp3) is 1.00. The summed E-state index contributed by atoms with van der Waals surface area (Å²) in [7, 11) is 0. The van der Waals surface area contributed by atoms with E-state index in [-0.39, 0.29) is 6.10 Å². The predicted octanol–water partition coefficient (Wildman–Crippen LogP) is 2.02. The van der Waals surface area contributed by atoms with E-state index in [2.05, 4.69) is 4.90 Å². The van der Waals surface area contributed by atoms with E-state index < -0.39 is 0 Å². The first-order chi connectivity index (χ1) is 6.29. The van der Waals surface area contributed by atoms with E-state index in [1.165, 1.54) is 45.2 Å². The molecule has 0 spiro atoms. The summed E-state index contributed by atoms with van der Waals surface area (Å²) in [5.41, 5.74) is 0. The minimum absolute atomic E-state index is 0.134. The fourth-order valence-electron chi connectivity index (χ4n) is 1.91. The molecule has 0 radical (unpaired) electrons. The third-order valence-corrected chi connectivity index (χ3v) is 2.81. The van der Waals surface area contributed by atoms with Gasteiger partial charge in [-0.2, -0.15) is 0 Å². The molecule has 78 valence electrons. The van der Waals surface area contributed by atoms with E-state index in [9.17, 15) is 5.11 Å². The van der Waals surface area contributed by atoms with Crippen molar-refractivity contribution >= 4 is 0 Å². The molecule has 13 heavy (non-hydrogen) atoms. The Hall–Kier alpha value is -0.0800. The van der Waals surface area contributed by atoms with Gasteiger partial charge in [-0.15, -0.1) is 0 Å². The SMILES string of the molecule is CC(O)CCN1CCCCCCC1. The topological polar surface area (TPSA) is 23.5 Å². The third-order valence-electron chi connectivity index (χ3n) is 2.81. The zero-order valence-corrected chi connectivity index (χ0v) is 8.84. The summed E-state index contributed by atoms with van der Waals surface area (Å²) >= 11 is 0. The van der Waals surface area contributed by atoms with Crippen molar-refractivity contribution < 1.29 is 5.11 Å². The molecule has 0 aliphatic carbocycles. The van der Waals surface area contributed by atoms with Crippen LogP contribution < -0.4 is 0 Å². The molecule has 0 amide bonds. The lowest BCUT2D eigenvalue weighted by molar-refractivity contribution is 0.151. The van der Waals surface area contributed by atoms with Gasteiger partial charge in [0, 0.05) is 6.54 Å². The Morgan fingerprint density at radius 3 is 2.15 bits per heavy atom. The fourth-order valence-corrected chi connectivity index (χ4v) is 1.91. The number of aliphatic hydroxyl groups is 1. The van der Waals surface area contributed by atoms with Crippen LogP contribution in [0.15, 0.2) is 0 Å². The van der Waals surface area contributed by atoms with Crippen LogP contribution in [0, 0.1) is 0 Å². The average molecular weight is 185 g/mol. The van der Waals surface area contributed by atoms with Crippen molar-refractivity contribution in [2.45, 2.75) is 51.6 Å². The van der Waals surface area contributed by atoms with E-state index in [1.54, 1.807) is 0 Å². The lowest BCUT2D eigenvalue weighted by Gasteiger charge is -2.24. The number of hydrogen-bond acceptors (Lipinski definition) is 2. The molecule has 2 nitrogen and oxygen atoms in total. The van der Waals surface area contributed by atoms with Gasteiger partial charge < -0.3 is 10.0 Å². The number of likely N-dealkylation sites (tertiary alicyclic amines) is 1. The quantitative estimate of drug-likeness (QED) is 0.727. The average Bonchev–Trinajstić information content (AvgIpc) is 2.01. The molecule has 2 heteroatoms. The first-order valence-electron chi connectivity index (χ1n) is 5.69. The third kappa shape index (κ3) is 5.27. The Morgan fingerprint density at radius 2 is 1.62 bits per heavy atom. The highest BCUT2D eigenvalue weighted by molar-refractivity contribution is 4.63. The molecular weight excluding hydrogens is 162 g/mol. The summed E-state index contributed by atoms with van der Waals surface area (Å²) in [5, 5.41) is 9.18. The van der Waals surface area contributed by atoms with Crippen LogP contribution in [0.2, 0.25) is 0 Å². The summed E-state index contributed by atoms with van der Waals surface area (Å²) in [4.78, 5) is 2.51. The van der Waals surface area contributed by atoms with Gasteiger partial charge in [0.05, 0.1) is 6.10 Å². The number of aliphatic hydroxyl groups excluding tert-OH is 1. The summed E-state index contributed by atoms with van der Waals surface area (Å²) in [6.07, 6.45) is 7.70. The van der Waals surface area contributed by atoms with Crippen LogP contribution in [-0.2, 0) is 0 Å². The molecule has 1 saturated heterocycles. The van der Waals surface area contributed by atoms with Gasteiger partial charge in [-0.25, -0.2) is 0 Å². The first kappa shape index (κ1) is 11.0. The highest BCUT2D eigenvalue weighted by atomic mass is 16.3. The van der Waals surface area contributed by atoms with E-state index in [0.717, 1.165) is 13.0 Å². The zero-order valence-electron chi connectivity index (χ0n) is 8.84. The molecule has 1 aliphatic heterocycles. The molecule has 0 aromatic rings. The van der Waals surface area contributed by atoms with E-state index in [1.807, 2.05) is 6.92 Å². The van der Waals surface area contributed by atoms with Gasteiger partial charge in [-0.3, -0.25) is 0 Å². The van der Waals surface area contributed by atoms with Gasteiger partial charge in [0.15, 0.2) is 0 Å². The summed E-state index contributed by atoms with van der Waals surface area (Å²) in [6.45, 7) is 5.45. The van der Waals surface area contributed by atoms with Crippen LogP contribution in [0.25, 0.3) is 0 Å². The van der Waals surface area contributed by atoms with Crippen LogP contribution in [0.1, 0.15) is 45.4 Å². The highest BCUT2D eigenvalue weighted by Gasteiger charge is 2.08. The minimum Gasteiger partial charge on any atom is -0.393 e. The smallest absolute Gasteiger partial charge is 0.0524 e. The second kappa shape index (κ2) is 6.39. The van der Waals surface area contributed by atoms with Gasteiger partial charge in [-0.05, 0) is 39.3 Å². The van der Waals surface area contributed by atoms with Crippen LogP contribution >= 0.6 is 0 Å². The molecular formula is C11H23NO. The number of nitrogens with zero attached hydrogens (tertiary/aromatic N) is 1. The second-order valence-electron chi connectivity index (χ2n) is 4.25. The molecule has 1 fully saturated rings. The Morgan fingerprint density at radius 1 is 1.08 bits per heavy atom. The van der Waals surface area contributed by atoms with Gasteiger partial charge in [0.25, 0.3) is 0 Å². The normalized spacial score (nSPS) is 23.5. The maximum absolute atomic E-state index is 9.18. The molecule has 1 aliphatic rings. The second-order valence-corrected chi connectivity index (χ2v) is 4.25. The molecule has 1 rings (SSSR count). The van der Waals surface area contributed by atoms with E-state index >= 15 is 0 Å². The van der Waals surface area contributed by atoms with Crippen molar-refractivity contribution in [1.82, 2.24) is 4.90 Å². The van der Waals surface area contributed by atoms with Crippen LogP contribution in [0.3, 0.4) is 0 Å². The van der Waals surface area contributed by atoms with Crippen LogP contribution in [0.4, 0.5) is 0 Å². The number of rotatable bonds is 3. The molecule has 0 saturated carbocycles. The standard InChI is InChI=1S/C11H23NO/c1-11(13)7-10-12-8-5-3-2-4-6-9-12/h11,13H,2-10H2,1H3. The monoisotopic (exact) mass is 185 g/mol. The summed E-state index contributed by atoms with van der Waals surface area (Å²) < 4.78 is 0. The maximum Gasteiger partial charge on any atom is 0.0524 e. The molecule has 1 N–H and O–H groups in total. The van der Waals surface area contributed by atoms with Gasteiger partial charge in [0.1, 0.15) is 0 Å². The molecule has 0 aromatic heterocycles. The Kier molecular flexibility index (Phi) is 5.40. The maximum atomic E-state index is 9.18. The zero-order chi connectivity index (χ0) is 9.52. The van der Waals surface area contributed by atoms with Crippen molar-refractivity contribution in [3.8, 4) is 0 Å². The summed E-state index contributed by atoms with van der Waals surface area (Å²) in [6, 6.07) is 0. The van der Waals surface area contributed by atoms with Gasteiger partial charge in [-0.1, -0.05) is 19.3 Å². The lowest BCUT2D eigenvalue weighted by atomic mass is 10.1. The largest absolute Gasteiger partial charge is 0.393 e. The molecule has 1 unspecified atom stereocenters. The Balaban J connectivity index is 2.14. The molecule has 1 heterocycles. The van der Waals surface area contributed by atoms with Crippen molar-refractivity contribution in [3.63, 3.8) is 0 Å². The highest BCUT2D eigenvalue weighted by Crippen LogP contribution is 2.10. The van der Waals surface area contributed by atoms with Crippen molar-refractivity contribution in [3.05, 3.63) is 0 Å². The Bertz CT molecular complexity index is 117. The molecule has 1 atom stereocenters. The van der Waals surface area contributed by atoms with E-state index in [4.69, 9.17) is 0 Å². The van der Waals surface area contributed by atoms with Gasteiger partial charge >= 0.3 is 0 Å². The van der Waals surface area contributed by atoms with Crippen molar-refractivity contribution in [1.29, 1.82) is 0 Å². The van der Waals surface area contributed by atoms with E-state index in [0.29, 0.717) is 0 Å². The Labute approximate surface area is 81.9 Å². The van der Waals surface area contributed by atoms with Crippen LogP contribution in [0.5, 0.6) is 0 Å².